The molecule has 0 atom stereocenters. The van der Waals surface area contributed by atoms with E-state index in [1.54, 1.807) is 30.3 Å². The molecular formula is C14H11Cl2N2NaO2S. The van der Waals surface area contributed by atoms with Crippen molar-refractivity contribution in [3.63, 3.8) is 0 Å². The van der Waals surface area contributed by atoms with Crippen molar-refractivity contribution < 1.29 is 38.0 Å². The van der Waals surface area contributed by atoms with Gasteiger partial charge in [-0.25, -0.2) is 8.42 Å². The molecule has 0 radical (unpaired) electrons. The molecule has 2 aromatic carbocycles. The molecular weight excluding hydrogens is 354 g/mol. The summed E-state index contributed by atoms with van der Waals surface area (Å²) in [5, 5.41) is 4.46. The van der Waals surface area contributed by atoms with Gasteiger partial charge in [0.2, 0.25) is 0 Å². The van der Waals surface area contributed by atoms with E-state index in [-0.39, 0.29) is 34.5 Å². The maximum absolute atomic E-state index is 11.9. The van der Waals surface area contributed by atoms with Crippen LogP contribution in [0.3, 0.4) is 0 Å². The summed E-state index contributed by atoms with van der Waals surface area (Å²) >= 11 is 11.7. The van der Waals surface area contributed by atoms with E-state index >= 15 is 0 Å². The quantitative estimate of drug-likeness (QED) is 0.467. The Balaban J connectivity index is 0.00000242. The van der Waals surface area contributed by atoms with Crippen LogP contribution in [-0.2, 0) is 10.0 Å². The van der Waals surface area contributed by atoms with Gasteiger partial charge in [-0.1, -0.05) is 40.9 Å². The molecule has 0 heterocycles. The fraction of sp³-hybridized carbons (Fsp3) is 0.0714. The van der Waals surface area contributed by atoms with Gasteiger partial charge in [-0.15, -0.1) is 0 Å². The summed E-state index contributed by atoms with van der Waals surface area (Å²) in [4.78, 5) is 3.46. The summed E-state index contributed by atoms with van der Waals surface area (Å²) in [6, 6.07) is 11.1. The van der Waals surface area contributed by atoms with Gasteiger partial charge in [0.25, 0.3) is 0 Å². The van der Waals surface area contributed by atoms with Gasteiger partial charge < -0.3 is 9.93 Å². The van der Waals surface area contributed by atoms with Crippen molar-refractivity contribution in [3.05, 3.63) is 68.5 Å². The number of aryl methyl sites for hydroxylation is 1. The largest absolute Gasteiger partial charge is 1.00 e. The number of nitrogens with zero attached hydrogens (tertiary/aromatic N) is 2. The Kier molecular flexibility index (Phi) is 7.38. The number of benzene rings is 2. The third kappa shape index (κ3) is 5.57. The molecule has 4 nitrogen and oxygen atoms in total. The maximum atomic E-state index is 11.9. The van der Waals surface area contributed by atoms with Crippen molar-refractivity contribution >= 4 is 39.4 Å². The van der Waals surface area contributed by atoms with Crippen molar-refractivity contribution in [2.45, 2.75) is 11.8 Å². The van der Waals surface area contributed by atoms with E-state index in [1.165, 1.54) is 18.3 Å². The average molecular weight is 365 g/mol. The zero-order valence-corrected chi connectivity index (χ0v) is 16.3. The van der Waals surface area contributed by atoms with Gasteiger partial charge in [0.1, 0.15) is 10.0 Å². The smallest absolute Gasteiger partial charge is 0.491 e. The molecule has 0 spiro atoms. The van der Waals surface area contributed by atoms with Crippen LogP contribution in [0.2, 0.25) is 10.0 Å². The summed E-state index contributed by atoms with van der Waals surface area (Å²) in [5.41, 5.74) is 1.53. The van der Waals surface area contributed by atoms with Crippen molar-refractivity contribution in [3.8, 4) is 0 Å². The second-order valence-electron chi connectivity index (χ2n) is 4.32. The molecule has 0 unspecified atom stereocenters. The second kappa shape index (κ2) is 8.34. The minimum Gasteiger partial charge on any atom is -0.491 e. The number of hydrogen-bond acceptors (Lipinski definition) is 3. The van der Waals surface area contributed by atoms with Gasteiger partial charge in [0.15, 0.2) is 0 Å². The molecule has 110 valence electrons. The Morgan fingerprint density at radius 1 is 1.05 bits per heavy atom. The predicted octanol–water partition coefficient (Wildman–Crippen LogP) is 1.40. The molecule has 0 aliphatic heterocycles. The molecule has 0 aliphatic rings. The summed E-state index contributed by atoms with van der Waals surface area (Å²) in [6.07, 6.45) is 1.28. The molecule has 0 aliphatic carbocycles. The Morgan fingerprint density at radius 3 is 2.14 bits per heavy atom. The molecule has 0 fully saturated rings. The summed E-state index contributed by atoms with van der Waals surface area (Å²) in [5.74, 6) is 0. The van der Waals surface area contributed by atoms with Gasteiger partial charge in [0, 0.05) is 16.3 Å². The summed E-state index contributed by atoms with van der Waals surface area (Å²) < 4.78 is 23.9. The van der Waals surface area contributed by atoms with Crippen molar-refractivity contribution in [2.24, 2.45) is 5.10 Å². The zero-order chi connectivity index (χ0) is 15.5. The van der Waals surface area contributed by atoms with Crippen LogP contribution in [0.15, 0.2) is 52.5 Å². The third-order valence-corrected chi connectivity index (χ3v) is 4.18. The Labute approximate surface area is 161 Å². The monoisotopic (exact) mass is 364 g/mol. The minimum atomic E-state index is -3.81. The summed E-state index contributed by atoms with van der Waals surface area (Å²) in [7, 11) is -3.81. The van der Waals surface area contributed by atoms with E-state index in [4.69, 9.17) is 23.2 Å². The predicted molar refractivity (Wildman–Crippen MR) is 85.8 cm³/mol. The molecule has 0 amide bonds. The van der Waals surface area contributed by atoms with Crippen LogP contribution in [0.25, 0.3) is 4.83 Å². The molecule has 2 aromatic rings. The van der Waals surface area contributed by atoms with Gasteiger partial charge in [-0.2, -0.15) is 0 Å². The van der Waals surface area contributed by atoms with Crippen molar-refractivity contribution in [1.29, 1.82) is 0 Å². The first-order chi connectivity index (χ1) is 9.87. The first-order valence-electron chi connectivity index (χ1n) is 5.90. The Hall–Kier alpha value is -0.560. The summed E-state index contributed by atoms with van der Waals surface area (Å²) in [6.45, 7) is 1.87. The SMILES string of the molecule is Cc1ccc(S(=O)(=O)[N-]/N=C/c2cc(Cl)cc(Cl)c2)cc1.[Na+]. The van der Waals surface area contributed by atoms with Crippen LogP contribution in [0.4, 0.5) is 0 Å². The van der Waals surface area contributed by atoms with E-state index in [9.17, 15) is 8.42 Å². The van der Waals surface area contributed by atoms with E-state index in [0.29, 0.717) is 15.6 Å². The van der Waals surface area contributed by atoms with E-state index in [1.807, 2.05) is 6.92 Å². The standard InChI is InChI=1S/C14H11Cl2N2O2S.Na/c1-10-2-4-14(5-3-10)21(19,20)18-17-9-11-6-12(15)8-13(16)7-11;/h2-9H,1H3;/q-1;+1/b17-9+;. The van der Waals surface area contributed by atoms with E-state index in [2.05, 4.69) is 9.93 Å². The van der Waals surface area contributed by atoms with E-state index < -0.39 is 10.0 Å². The van der Waals surface area contributed by atoms with Gasteiger partial charge in [-0.05, 0) is 42.8 Å². The number of hydrogen-bond donors (Lipinski definition) is 0. The fourth-order valence-electron chi connectivity index (χ4n) is 1.56. The van der Waals surface area contributed by atoms with Crippen LogP contribution in [0.5, 0.6) is 0 Å². The molecule has 0 bridgehead atoms. The van der Waals surface area contributed by atoms with Gasteiger partial charge >= 0.3 is 29.6 Å². The first kappa shape index (κ1) is 19.5. The van der Waals surface area contributed by atoms with Crippen LogP contribution in [0, 0.1) is 6.92 Å². The normalized spacial score (nSPS) is 11.2. The van der Waals surface area contributed by atoms with E-state index in [0.717, 1.165) is 5.56 Å². The first-order valence-corrected chi connectivity index (χ1v) is 8.09. The number of sulfonamides is 1. The molecule has 2 rings (SSSR count). The van der Waals surface area contributed by atoms with Crippen molar-refractivity contribution in [2.75, 3.05) is 0 Å². The molecule has 0 saturated carbocycles. The van der Waals surface area contributed by atoms with Gasteiger partial charge in [-0.3, -0.25) is 0 Å². The second-order valence-corrected chi connectivity index (χ2v) is 6.77. The number of halogens is 2. The third-order valence-electron chi connectivity index (χ3n) is 2.57. The maximum Gasteiger partial charge on any atom is 1.00 e. The molecule has 0 aromatic heterocycles. The number of rotatable bonds is 4. The molecule has 0 saturated heterocycles. The Bertz CT molecular complexity index is 758. The fourth-order valence-corrected chi connectivity index (χ4v) is 2.85. The van der Waals surface area contributed by atoms with Crippen LogP contribution < -0.4 is 29.6 Å². The van der Waals surface area contributed by atoms with Crippen LogP contribution in [0.1, 0.15) is 11.1 Å². The molecule has 8 heteroatoms. The van der Waals surface area contributed by atoms with Crippen molar-refractivity contribution in [1.82, 2.24) is 0 Å². The topological polar surface area (TPSA) is 60.6 Å². The molecule has 22 heavy (non-hydrogen) atoms. The minimum absolute atomic E-state index is 0. The van der Waals surface area contributed by atoms with Crippen LogP contribution >= 0.6 is 23.2 Å². The van der Waals surface area contributed by atoms with Gasteiger partial charge in [0.05, 0.1) is 4.90 Å². The zero-order valence-electron chi connectivity index (χ0n) is 12.0. The molecule has 0 N–H and O–H groups in total. The Morgan fingerprint density at radius 2 is 1.59 bits per heavy atom. The van der Waals surface area contributed by atoms with Crippen LogP contribution in [-0.4, -0.2) is 14.6 Å². The average Bonchev–Trinajstić information content (AvgIpc) is 2.37.